The largest absolute Gasteiger partial charge is 0.375 e. The summed E-state index contributed by atoms with van der Waals surface area (Å²) in [6.07, 6.45) is -0.481. The molecule has 0 saturated carbocycles. The van der Waals surface area contributed by atoms with Gasteiger partial charge in [0, 0.05) is 12.6 Å². The Bertz CT molecular complexity index is 133. The van der Waals surface area contributed by atoms with Crippen LogP contribution in [0.15, 0.2) is 0 Å². The summed E-state index contributed by atoms with van der Waals surface area (Å²) < 4.78 is 28.3. The lowest BCUT2D eigenvalue weighted by atomic mass is 9.97. The van der Waals surface area contributed by atoms with E-state index in [4.69, 9.17) is 4.74 Å². The summed E-state index contributed by atoms with van der Waals surface area (Å²) >= 11 is 0. The van der Waals surface area contributed by atoms with E-state index in [2.05, 4.69) is 19.2 Å². The van der Waals surface area contributed by atoms with Gasteiger partial charge in [0.2, 0.25) is 0 Å². The second-order valence-electron chi connectivity index (χ2n) is 3.54. The first kappa shape index (κ1) is 13.8. The molecular formula is C10H21F2NO. The first-order valence-corrected chi connectivity index (χ1v) is 5.14. The van der Waals surface area contributed by atoms with Crippen molar-refractivity contribution in [2.45, 2.75) is 39.2 Å². The maximum Gasteiger partial charge on any atom is 0.261 e. The van der Waals surface area contributed by atoms with Gasteiger partial charge in [-0.15, -0.1) is 0 Å². The molecule has 86 valence electrons. The van der Waals surface area contributed by atoms with Crippen molar-refractivity contribution in [3.8, 4) is 0 Å². The van der Waals surface area contributed by atoms with Crippen LogP contribution in [0.3, 0.4) is 0 Å². The van der Waals surface area contributed by atoms with Gasteiger partial charge < -0.3 is 10.1 Å². The van der Waals surface area contributed by atoms with Gasteiger partial charge in [-0.1, -0.05) is 20.3 Å². The Labute approximate surface area is 85.0 Å². The van der Waals surface area contributed by atoms with Crippen LogP contribution in [0.25, 0.3) is 0 Å². The van der Waals surface area contributed by atoms with Crippen LogP contribution in [-0.2, 0) is 4.74 Å². The van der Waals surface area contributed by atoms with Crippen molar-refractivity contribution in [2.24, 2.45) is 5.92 Å². The molecule has 0 heterocycles. The second kappa shape index (κ2) is 8.12. The molecule has 0 amide bonds. The van der Waals surface area contributed by atoms with Gasteiger partial charge in [-0.05, 0) is 19.4 Å². The first-order valence-electron chi connectivity index (χ1n) is 5.14. The molecule has 2 atom stereocenters. The van der Waals surface area contributed by atoms with E-state index in [-0.39, 0.29) is 0 Å². The molecule has 0 aromatic rings. The Balaban J connectivity index is 3.52. The molecule has 2 nitrogen and oxygen atoms in total. The van der Waals surface area contributed by atoms with Gasteiger partial charge in [-0.25, -0.2) is 8.78 Å². The average molecular weight is 209 g/mol. The summed E-state index contributed by atoms with van der Waals surface area (Å²) in [6, 6.07) is 0.359. The predicted molar refractivity (Wildman–Crippen MR) is 53.7 cm³/mol. The Morgan fingerprint density at radius 2 is 2.00 bits per heavy atom. The number of alkyl halides is 2. The predicted octanol–water partition coefficient (Wildman–Crippen LogP) is 2.29. The van der Waals surface area contributed by atoms with E-state index in [1.54, 1.807) is 0 Å². The molecule has 1 N–H and O–H groups in total. The molecule has 0 aromatic carbocycles. The maximum absolute atomic E-state index is 11.7. The molecule has 0 saturated heterocycles. The van der Waals surface area contributed by atoms with Crippen molar-refractivity contribution < 1.29 is 13.5 Å². The maximum atomic E-state index is 11.7. The Hall–Kier alpha value is -0.220. The molecule has 0 aliphatic rings. The number of ether oxygens (including phenoxy) is 1. The molecule has 0 rings (SSSR count). The minimum Gasteiger partial charge on any atom is -0.375 e. The van der Waals surface area contributed by atoms with Gasteiger partial charge in [0.15, 0.2) is 0 Å². The highest BCUT2D eigenvalue weighted by Crippen LogP contribution is 2.10. The molecule has 0 aliphatic heterocycles. The molecule has 0 fully saturated rings. The van der Waals surface area contributed by atoms with Crippen LogP contribution in [-0.4, -0.2) is 32.7 Å². The second-order valence-corrected chi connectivity index (χ2v) is 3.54. The minimum absolute atomic E-state index is 0.359. The van der Waals surface area contributed by atoms with Crippen LogP contribution < -0.4 is 5.32 Å². The number of hydrogen-bond donors (Lipinski definition) is 1. The van der Waals surface area contributed by atoms with E-state index >= 15 is 0 Å². The highest BCUT2D eigenvalue weighted by Gasteiger charge is 2.13. The van der Waals surface area contributed by atoms with Crippen LogP contribution in [0.5, 0.6) is 0 Å². The summed E-state index contributed by atoms with van der Waals surface area (Å²) in [5.74, 6) is 0.551. The van der Waals surface area contributed by atoms with Gasteiger partial charge in [0.25, 0.3) is 6.43 Å². The van der Waals surface area contributed by atoms with Gasteiger partial charge in [-0.3, -0.25) is 0 Å². The highest BCUT2D eigenvalue weighted by molar-refractivity contribution is 4.70. The van der Waals surface area contributed by atoms with Crippen molar-refractivity contribution in [1.82, 2.24) is 5.32 Å². The van der Waals surface area contributed by atoms with Gasteiger partial charge >= 0.3 is 0 Å². The molecule has 2 unspecified atom stereocenters. The van der Waals surface area contributed by atoms with Crippen LogP contribution >= 0.6 is 0 Å². The molecular weight excluding hydrogens is 188 g/mol. The normalized spacial score (nSPS) is 15.9. The lowest BCUT2D eigenvalue weighted by Crippen LogP contribution is -2.33. The minimum atomic E-state index is -2.35. The fraction of sp³-hybridized carbons (Fsp3) is 1.00. The fourth-order valence-corrected chi connectivity index (χ4v) is 1.38. The lowest BCUT2D eigenvalue weighted by molar-refractivity contribution is 0.0132. The van der Waals surface area contributed by atoms with E-state index in [9.17, 15) is 8.78 Å². The van der Waals surface area contributed by atoms with Crippen molar-refractivity contribution >= 4 is 0 Å². The van der Waals surface area contributed by atoms with Gasteiger partial charge in [0.1, 0.15) is 6.61 Å². The summed E-state index contributed by atoms with van der Waals surface area (Å²) in [7, 11) is 1.89. The summed E-state index contributed by atoms with van der Waals surface area (Å²) in [4.78, 5) is 0. The van der Waals surface area contributed by atoms with E-state index in [0.29, 0.717) is 18.6 Å². The van der Waals surface area contributed by atoms with E-state index in [0.717, 1.165) is 12.8 Å². The SMILES string of the molecule is CCC(C)C(CCOCC(F)F)NC. The fourth-order valence-electron chi connectivity index (χ4n) is 1.38. The average Bonchev–Trinajstić information content (AvgIpc) is 2.16. The molecule has 14 heavy (non-hydrogen) atoms. The van der Waals surface area contributed by atoms with E-state index < -0.39 is 13.0 Å². The molecule has 4 heteroatoms. The molecule has 0 aliphatic carbocycles. The molecule has 0 aromatic heterocycles. The smallest absolute Gasteiger partial charge is 0.261 e. The van der Waals surface area contributed by atoms with Gasteiger partial charge in [-0.2, -0.15) is 0 Å². The monoisotopic (exact) mass is 209 g/mol. The Morgan fingerprint density at radius 3 is 2.43 bits per heavy atom. The van der Waals surface area contributed by atoms with Gasteiger partial charge in [0.05, 0.1) is 0 Å². The Morgan fingerprint density at radius 1 is 1.36 bits per heavy atom. The number of halogens is 2. The summed E-state index contributed by atoms with van der Waals surface area (Å²) in [5, 5.41) is 3.17. The first-order chi connectivity index (χ1) is 6.61. The van der Waals surface area contributed by atoms with Crippen molar-refractivity contribution in [1.29, 1.82) is 0 Å². The van der Waals surface area contributed by atoms with Crippen LogP contribution in [0, 0.1) is 5.92 Å². The summed E-state index contributed by atoms with van der Waals surface area (Å²) in [6.45, 7) is 4.22. The Kier molecular flexibility index (Phi) is 7.99. The van der Waals surface area contributed by atoms with Crippen molar-refractivity contribution in [2.75, 3.05) is 20.3 Å². The topological polar surface area (TPSA) is 21.3 Å². The lowest BCUT2D eigenvalue weighted by Gasteiger charge is -2.22. The van der Waals surface area contributed by atoms with E-state index in [1.165, 1.54) is 0 Å². The molecule has 0 radical (unpaired) electrons. The van der Waals surface area contributed by atoms with Crippen LogP contribution in [0.4, 0.5) is 8.78 Å². The van der Waals surface area contributed by atoms with Crippen LogP contribution in [0.1, 0.15) is 26.7 Å². The van der Waals surface area contributed by atoms with Crippen molar-refractivity contribution in [3.63, 3.8) is 0 Å². The third-order valence-electron chi connectivity index (χ3n) is 2.52. The highest BCUT2D eigenvalue weighted by atomic mass is 19.3. The molecule has 0 spiro atoms. The third kappa shape index (κ3) is 6.27. The zero-order valence-corrected chi connectivity index (χ0v) is 9.22. The zero-order chi connectivity index (χ0) is 11.0. The number of nitrogens with one attached hydrogen (secondary N) is 1. The molecule has 0 bridgehead atoms. The quantitative estimate of drug-likeness (QED) is 0.619. The summed E-state index contributed by atoms with van der Waals surface area (Å²) in [5.41, 5.74) is 0. The zero-order valence-electron chi connectivity index (χ0n) is 9.22. The van der Waals surface area contributed by atoms with Crippen molar-refractivity contribution in [3.05, 3.63) is 0 Å². The third-order valence-corrected chi connectivity index (χ3v) is 2.52. The van der Waals surface area contributed by atoms with E-state index in [1.807, 2.05) is 7.05 Å². The van der Waals surface area contributed by atoms with Crippen LogP contribution in [0.2, 0.25) is 0 Å². The number of hydrogen-bond acceptors (Lipinski definition) is 2. The number of rotatable bonds is 8. The standard InChI is InChI=1S/C10H21F2NO/c1-4-8(2)9(13-3)5-6-14-7-10(11)12/h8-10,13H,4-7H2,1-3H3.